The second kappa shape index (κ2) is 13.3. The van der Waals surface area contributed by atoms with Crippen LogP contribution in [-0.2, 0) is 30.4 Å². The van der Waals surface area contributed by atoms with Gasteiger partial charge in [0.05, 0.1) is 26.4 Å². The van der Waals surface area contributed by atoms with Crippen LogP contribution in [0.15, 0.2) is 24.5 Å². The number of hydrogen-bond acceptors (Lipinski definition) is 7. The summed E-state index contributed by atoms with van der Waals surface area (Å²) in [5, 5.41) is 14.2. The third-order valence-corrected chi connectivity index (χ3v) is 6.15. The maximum absolute atomic E-state index is 10.6. The summed E-state index contributed by atoms with van der Waals surface area (Å²) in [6, 6.07) is 4.72. The van der Waals surface area contributed by atoms with E-state index in [1.807, 2.05) is 24.5 Å². The number of carboxylic acid groups (broad SMARTS) is 2. The molecule has 15 heteroatoms. The fourth-order valence-electron chi connectivity index (χ4n) is 4.26. The lowest BCUT2D eigenvalue weighted by Gasteiger charge is -2.33. The summed E-state index contributed by atoms with van der Waals surface area (Å²) >= 11 is 0. The van der Waals surface area contributed by atoms with E-state index < -0.39 is 24.3 Å². The molecule has 210 valence electrons. The molecule has 0 spiro atoms. The lowest BCUT2D eigenvalue weighted by molar-refractivity contribution is -0.193. The zero-order valence-corrected chi connectivity index (χ0v) is 19.6. The van der Waals surface area contributed by atoms with Crippen LogP contribution in [0.3, 0.4) is 0 Å². The van der Waals surface area contributed by atoms with Gasteiger partial charge in [0.25, 0.3) is 0 Å². The third kappa shape index (κ3) is 9.72. The van der Waals surface area contributed by atoms with E-state index >= 15 is 0 Å². The molecule has 0 aromatic carbocycles. The standard InChI is InChI=1S/C18H26N2O3.2C2HF3O2/c1-5-19-6-2-15(1)10-22-13-18-12-20(9-16(18)11-23-14-18)17-3-7-21-8-4-17;2*3-2(4,5)1(6)7/h1-2,5-6,16-17H,3-4,7-14H2;2*(H,6,7)/t16-,18-;;/m1../s1. The van der Waals surface area contributed by atoms with Gasteiger partial charge in [0.15, 0.2) is 0 Å². The molecule has 3 aliphatic heterocycles. The topological polar surface area (TPSA) is 118 Å². The van der Waals surface area contributed by atoms with Gasteiger partial charge in [0, 0.05) is 56.1 Å². The second-order valence-electron chi connectivity index (χ2n) is 8.80. The molecule has 4 heterocycles. The Balaban J connectivity index is 0.000000286. The first-order valence-corrected chi connectivity index (χ1v) is 11.2. The number of fused-ring (bicyclic) bond motifs is 1. The summed E-state index contributed by atoms with van der Waals surface area (Å²) in [6.07, 6.45) is -4.19. The number of hydrogen-bond donors (Lipinski definition) is 2. The maximum Gasteiger partial charge on any atom is 0.490 e. The highest BCUT2D eigenvalue weighted by Gasteiger charge is 2.52. The summed E-state index contributed by atoms with van der Waals surface area (Å²) in [5.41, 5.74) is 1.37. The monoisotopic (exact) mass is 546 g/mol. The Morgan fingerprint density at radius 2 is 1.57 bits per heavy atom. The number of rotatable bonds is 5. The Morgan fingerprint density at radius 3 is 2.08 bits per heavy atom. The molecule has 37 heavy (non-hydrogen) atoms. The van der Waals surface area contributed by atoms with Gasteiger partial charge in [-0.25, -0.2) is 9.59 Å². The molecule has 0 unspecified atom stereocenters. The van der Waals surface area contributed by atoms with Crippen LogP contribution >= 0.6 is 0 Å². The molecule has 0 bridgehead atoms. The molecule has 2 N–H and O–H groups in total. The van der Waals surface area contributed by atoms with E-state index in [9.17, 15) is 26.3 Å². The molecule has 0 aliphatic carbocycles. The minimum Gasteiger partial charge on any atom is -0.475 e. The highest BCUT2D eigenvalue weighted by molar-refractivity contribution is 5.73. The average Bonchev–Trinajstić information content (AvgIpc) is 3.37. The number of likely N-dealkylation sites (tertiary alicyclic amines) is 1. The van der Waals surface area contributed by atoms with Gasteiger partial charge in [0.2, 0.25) is 0 Å². The van der Waals surface area contributed by atoms with Crippen molar-refractivity contribution >= 4 is 11.9 Å². The number of nitrogens with zero attached hydrogens (tertiary/aromatic N) is 2. The van der Waals surface area contributed by atoms with Crippen LogP contribution in [-0.4, -0.2) is 96.6 Å². The number of alkyl halides is 6. The summed E-state index contributed by atoms with van der Waals surface area (Å²) < 4.78 is 80.9. The smallest absolute Gasteiger partial charge is 0.475 e. The number of ether oxygens (including phenoxy) is 3. The van der Waals surface area contributed by atoms with E-state index in [1.165, 1.54) is 18.4 Å². The number of carboxylic acids is 2. The second-order valence-corrected chi connectivity index (χ2v) is 8.80. The number of halogens is 6. The summed E-state index contributed by atoms with van der Waals surface area (Å²) in [5.74, 6) is -4.90. The Morgan fingerprint density at radius 1 is 1.03 bits per heavy atom. The molecule has 3 saturated heterocycles. The molecule has 4 rings (SSSR count). The first-order valence-electron chi connectivity index (χ1n) is 11.2. The molecular formula is C22H28F6N2O7. The van der Waals surface area contributed by atoms with Crippen molar-refractivity contribution in [3.8, 4) is 0 Å². The van der Waals surface area contributed by atoms with Gasteiger partial charge < -0.3 is 24.4 Å². The normalized spacial score (nSPS) is 24.3. The minimum atomic E-state index is -5.08. The maximum atomic E-state index is 10.6. The molecule has 0 saturated carbocycles. The Kier molecular flexibility index (Phi) is 11.1. The number of carbonyl (C=O) groups is 2. The third-order valence-electron chi connectivity index (χ3n) is 6.15. The van der Waals surface area contributed by atoms with Gasteiger partial charge in [-0.1, -0.05) is 0 Å². The Labute approximate surface area is 208 Å². The Bertz CT molecular complexity index is 841. The average molecular weight is 546 g/mol. The molecule has 0 radical (unpaired) electrons. The van der Waals surface area contributed by atoms with Crippen LogP contribution in [0.1, 0.15) is 18.4 Å². The van der Waals surface area contributed by atoms with Crippen molar-refractivity contribution in [3.63, 3.8) is 0 Å². The lowest BCUT2D eigenvalue weighted by atomic mass is 9.82. The predicted molar refractivity (Wildman–Crippen MR) is 113 cm³/mol. The van der Waals surface area contributed by atoms with E-state index in [2.05, 4.69) is 9.88 Å². The number of aromatic nitrogens is 1. The molecule has 9 nitrogen and oxygen atoms in total. The van der Waals surface area contributed by atoms with Gasteiger partial charge in [-0.15, -0.1) is 0 Å². The van der Waals surface area contributed by atoms with Gasteiger partial charge in [-0.2, -0.15) is 26.3 Å². The fraction of sp³-hybridized carbons (Fsp3) is 0.682. The van der Waals surface area contributed by atoms with E-state index in [0.717, 1.165) is 46.1 Å². The van der Waals surface area contributed by atoms with E-state index in [0.29, 0.717) is 18.6 Å². The molecule has 2 atom stereocenters. The quantitative estimate of drug-likeness (QED) is 0.538. The zero-order chi connectivity index (χ0) is 27.7. The summed E-state index contributed by atoms with van der Waals surface area (Å²) in [4.78, 5) is 24.5. The number of aliphatic carboxylic acids is 2. The Hall–Kier alpha value is -2.49. The van der Waals surface area contributed by atoms with Crippen molar-refractivity contribution in [3.05, 3.63) is 30.1 Å². The van der Waals surface area contributed by atoms with E-state index in [-0.39, 0.29) is 5.41 Å². The van der Waals surface area contributed by atoms with Crippen LogP contribution < -0.4 is 0 Å². The molecule has 3 aliphatic rings. The van der Waals surface area contributed by atoms with Crippen LogP contribution in [0.2, 0.25) is 0 Å². The van der Waals surface area contributed by atoms with Crippen LogP contribution in [0.25, 0.3) is 0 Å². The van der Waals surface area contributed by atoms with Gasteiger partial charge in [0.1, 0.15) is 0 Å². The molecular weight excluding hydrogens is 518 g/mol. The summed E-state index contributed by atoms with van der Waals surface area (Å²) in [7, 11) is 0. The predicted octanol–water partition coefficient (Wildman–Crippen LogP) is 2.99. The molecule has 0 amide bonds. The molecule has 1 aromatic rings. The number of pyridine rings is 1. The van der Waals surface area contributed by atoms with Crippen molar-refractivity contribution in [2.75, 3.05) is 46.1 Å². The first-order chi connectivity index (χ1) is 17.2. The van der Waals surface area contributed by atoms with Crippen molar-refractivity contribution in [2.45, 2.75) is 37.8 Å². The molecule has 1 aromatic heterocycles. The van der Waals surface area contributed by atoms with Gasteiger partial charge >= 0.3 is 24.3 Å². The van der Waals surface area contributed by atoms with Crippen LogP contribution in [0.5, 0.6) is 0 Å². The van der Waals surface area contributed by atoms with Crippen molar-refractivity contribution in [1.82, 2.24) is 9.88 Å². The van der Waals surface area contributed by atoms with Crippen molar-refractivity contribution in [2.24, 2.45) is 11.3 Å². The fourth-order valence-corrected chi connectivity index (χ4v) is 4.26. The van der Waals surface area contributed by atoms with Gasteiger partial charge in [-0.3, -0.25) is 9.88 Å². The highest BCUT2D eigenvalue weighted by Crippen LogP contribution is 2.43. The van der Waals surface area contributed by atoms with Gasteiger partial charge in [-0.05, 0) is 30.5 Å². The highest BCUT2D eigenvalue weighted by atomic mass is 19.4. The van der Waals surface area contributed by atoms with E-state index in [4.69, 9.17) is 34.0 Å². The SMILES string of the molecule is O=C(O)C(F)(F)F.O=C(O)C(F)(F)F.c1cc(COC[C@]23COC[C@H]2CN(C2CCOCC2)C3)ccn1. The zero-order valence-electron chi connectivity index (χ0n) is 19.6. The van der Waals surface area contributed by atoms with Crippen LogP contribution in [0.4, 0.5) is 26.3 Å². The lowest BCUT2D eigenvalue weighted by Crippen LogP contribution is -2.41. The largest absolute Gasteiger partial charge is 0.490 e. The van der Waals surface area contributed by atoms with Crippen LogP contribution in [0, 0.1) is 11.3 Å². The van der Waals surface area contributed by atoms with Crippen molar-refractivity contribution in [1.29, 1.82) is 0 Å². The minimum absolute atomic E-state index is 0.186. The van der Waals surface area contributed by atoms with E-state index in [1.54, 1.807) is 0 Å². The molecule has 3 fully saturated rings. The van der Waals surface area contributed by atoms with Crippen molar-refractivity contribution < 1.29 is 60.4 Å². The summed E-state index contributed by atoms with van der Waals surface area (Å²) in [6.45, 7) is 7.27. The first kappa shape index (κ1) is 30.7.